The van der Waals surface area contributed by atoms with Crippen LogP contribution in [0.1, 0.15) is 12.5 Å². The van der Waals surface area contributed by atoms with Crippen molar-refractivity contribution in [3.05, 3.63) is 42.0 Å². The number of ether oxygens (including phenoxy) is 3. The van der Waals surface area contributed by atoms with Crippen molar-refractivity contribution in [2.24, 2.45) is 0 Å². The first-order valence-corrected chi connectivity index (χ1v) is 5.99. The zero-order valence-electron chi connectivity index (χ0n) is 11.0. The fourth-order valence-electron chi connectivity index (χ4n) is 2.00. The van der Waals surface area contributed by atoms with E-state index in [1.54, 1.807) is 14.2 Å². The van der Waals surface area contributed by atoms with E-state index in [0.29, 0.717) is 0 Å². The fraction of sp³-hybridized carbons (Fsp3) is 0.333. The standard InChI is InChI=1S/C15H18O3/c1-4-5-6-7-12-8-11-9-13(16-2)10-14(17-3)15(11)18-12/h4-7,9-10,12H,8H2,1-3H3/b5-4+,7-6+. The minimum Gasteiger partial charge on any atom is -0.497 e. The van der Waals surface area contributed by atoms with Gasteiger partial charge in [-0.25, -0.2) is 0 Å². The molecule has 1 heterocycles. The molecule has 1 aromatic carbocycles. The molecule has 3 heteroatoms. The normalized spacial score (nSPS) is 18.1. The first-order chi connectivity index (χ1) is 8.78. The maximum Gasteiger partial charge on any atom is 0.165 e. The lowest BCUT2D eigenvalue weighted by molar-refractivity contribution is 0.268. The Bertz CT molecular complexity index is 475. The van der Waals surface area contributed by atoms with Crippen molar-refractivity contribution in [2.45, 2.75) is 19.4 Å². The van der Waals surface area contributed by atoms with Crippen LogP contribution in [0.2, 0.25) is 0 Å². The summed E-state index contributed by atoms with van der Waals surface area (Å²) in [5, 5.41) is 0. The number of rotatable bonds is 4. The summed E-state index contributed by atoms with van der Waals surface area (Å²) in [4.78, 5) is 0. The van der Waals surface area contributed by atoms with E-state index >= 15 is 0 Å². The van der Waals surface area contributed by atoms with Gasteiger partial charge in [0.15, 0.2) is 11.5 Å². The Kier molecular flexibility index (Phi) is 3.92. The smallest absolute Gasteiger partial charge is 0.165 e. The van der Waals surface area contributed by atoms with Gasteiger partial charge in [-0.3, -0.25) is 0 Å². The van der Waals surface area contributed by atoms with E-state index < -0.39 is 0 Å². The van der Waals surface area contributed by atoms with Gasteiger partial charge in [-0.15, -0.1) is 0 Å². The van der Waals surface area contributed by atoms with Gasteiger partial charge >= 0.3 is 0 Å². The SMILES string of the molecule is C/C=C/C=C/C1Cc2cc(OC)cc(OC)c2O1. The first-order valence-electron chi connectivity index (χ1n) is 5.99. The molecule has 18 heavy (non-hydrogen) atoms. The second-order valence-corrected chi connectivity index (χ2v) is 4.09. The van der Waals surface area contributed by atoms with Gasteiger partial charge in [-0.2, -0.15) is 0 Å². The van der Waals surface area contributed by atoms with Gasteiger partial charge in [0, 0.05) is 18.1 Å². The molecule has 1 aliphatic rings. The van der Waals surface area contributed by atoms with Gasteiger partial charge in [0.1, 0.15) is 11.9 Å². The zero-order valence-corrected chi connectivity index (χ0v) is 11.0. The van der Waals surface area contributed by atoms with Crippen LogP contribution >= 0.6 is 0 Å². The van der Waals surface area contributed by atoms with Gasteiger partial charge in [0.2, 0.25) is 0 Å². The molecule has 1 atom stereocenters. The topological polar surface area (TPSA) is 27.7 Å². The maximum absolute atomic E-state index is 5.87. The highest BCUT2D eigenvalue weighted by Gasteiger charge is 2.25. The molecule has 0 radical (unpaired) electrons. The van der Waals surface area contributed by atoms with Crippen molar-refractivity contribution in [1.82, 2.24) is 0 Å². The van der Waals surface area contributed by atoms with E-state index in [2.05, 4.69) is 0 Å². The summed E-state index contributed by atoms with van der Waals surface area (Å²) in [6.45, 7) is 1.99. The number of benzene rings is 1. The summed E-state index contributed by atoms with van der Waals surface area (Å²) >= 11 is 0. The van der Waals surface area contributed by atoms with Crippen molar-refractivity contribution in [3.63, 3.8) is 0 Å². The van der Waals surface area contributed by atoms with Gasteiger partial charge in [0.25, 0.3) is 0 Å². The molecule has 0 saturated carbocycles. The monoisotopic (exact) mass is 246 g/mol. The average Bonchev–Trinajstić information content (AvgIpc) is 2.80. The molecule has 0 bridgehead atoms. The highest BCUT2D eigenvalue weighted by Crippen LogP contribution is 2.41. The van der Waals surface area contributed by atoms with Crippen LogP contribution in [0.3, 0.4) is 0 Å². The predicted molar refractivity (Wildman–Crippen MR) is 71.6 cm³/mol. The molecule has 1 unspecified atom stereocenters. The fourth-order valence-corrected chi connectivity index (χ4v) is 2.00. The highest BCUT2D eigenvalue weighted by atomic mass is 16.5. The van der Waals surface area contributed by atoms with Crippen molar-refractivity contribution in [3.8, 4) is 17.2 Å². The Labute approximate surface area is 108 Å². The van der Waals surface area contributed by atoms with Crippen LogP contribution in [0.5, 0.6) is 17.2 Å². The second-order valence-electron chi connectivity index (χ2n) is 4.09. The molecule has 1 aliphatic heterocycles. The number of hydrogen-bond donors (Lipinski definition) is 0. The molecule has 0 saturated heterocycles. The molecular weight excluding hydrogens is 228 g/mol. The van der Waals surface area contributed by atoms with Crippen LogP contribution < -0.4 is 14.2 Å². The molecule has 0 amide bonds. The van der Waals surface area contributed by atoms with E-state index in [4.69, 9.17) is 14.2 Å². The third-order valence-electron chi connectivity index (χ3n) is 2.88. The van der Waals surface area contributed by atoms with E-state index in [9.17, 15) is 0 Å². The molecule has 0 N–H and O–H groups in total. The summed E-state index contributed by atoms with van der Waals surface area (Å²) in [6, 6.07) is 3.85. The van der Waals surface area contributed by atoms with Crippen molar-refractivity contribution < 1.29 is 14.2 Å². The summed E-state index contributed by atoms with van der Waals surface area (Å²) in [5.74, 6) is 2.35. The Morgan fingerprint density at radius 2 is 2.06 bits per heavy atom. The summed E-state index contributed by atoms with van der Waals surface area (Å²) in [5.41, 5.74) is 1.13. The minimum absolute atomic E-state index is 0.0669. The van der Waals surface area contributed by atoms with Crippen molar-refractivity contribution in [2.75, 3.05) is 14.2 Å². The number of allylic oxidation sites excluding steroid dienone is 3. The largest absolute Gasteiger partial charge is 0.497 e. The Balaban J connectivity index is 2.23. The molecule has 1 aromatic rings. The van der Waals surface area contributed by atoms with Gasteiger partial charge in [0.05, 0.1) is 14.2 Å². The van der Waals surface area contributed by atoms with Crippen LogP contribution in [-0.4, -0.2) is 20.3 Å². The lowest BCUT2D eigenvalue weighted by atomic mass is 10.1. The van der Waals surface area contributed by atoms with Crippen LogP contribution in [0.15, 0.2) is 36.4 Å². The van der Waals surface area contributed by atoms with Crippen LogP contribution in [0.25, 0.3) is 0 Å². The van der Waals surface area contributed by atoms with Gasteiger partial charge in [-0.05, 0) is 19.1 Å². The second kappa shape index (κ2) is 5.63. The number of methoxy groups -OCH3 is 2. The lowest BCUT2D eigenvalue weighted by Gasteiger charge is -2.10. The molecule has 0 fully saturated rings. The van der Waals surface area contributed by atoms with Crippen molar-refractivity contribution in [1.29, 1.82) is 0 Å². The first kappa shape index (κ1) is 12.6. The summed E-state index contributed by atoms with van der Waals surface area (Å²) in [7, 11) is 3.29. The Morgan fingerprint density at radius 1 is 1.22 bits per heavy atom. The van der Waals surface area contributed by atoms with E-state index in [1.807, 2.05) is 43.4 Å². The molecular formula is C15H18O3. The number of fused-ring (bicyclic) bond motifs is 1. The minimum atomic E-state index is 0.0669. The summed E-state index contributed by atoms with van der Waals surface area (Å²) < 4.78 is 16.5. The third-order valence-corrected chi connectivity index (χ3v) is 2.88. The van der Waals surface area contributed by atoms with Crippen LogP contribution in [-0.2, 0) is 6.42 Å². The Hall–Kier alpha value is -1.90. The quantitative estimate of drug-likeness (QED) is 0.764. The zero-order chi connectivity index (χ0) is 13.0. The molecule has 2 rings (SSSR count). The molecule has 0 aliphatic carbocycles. The summed E-state index contributed by atoms with van der Waals surface area (Å²) in [6.07, 6.45) is 8.94. The van der Waals surface area contributed by atoms with E-state index in [-0.39, 0.29) is 6.10 Å². The van der Waals surface area contributed by atoms with E-state index in [0.717, 1.165) is 29.2 Å². The molecule has 3 nitrogen and oxygen atoms in total. The van der Waals surface area contributed by atoms with Crippen molar-refractivity contribution >= 4 is 0 Å². The van der Waals surface area contributed by atoms with Crippen LogP contribution in [0.4, 0.5) is 0 Å². The average molecular weight is 246 g/mol. The van der Waals surface area contributed by atoms with Gasteiger partial charge in [-0.1, -0.05) is 18.2 Å². The predicted octanol–water partition coefficient (Wildman–Crippen LogP) is 3.14. The molecule has 0 spiro atoms. The lowest BCUT2D eigenvalue weighted by Crippen LogP contribution is -2.08. The van der Waals surface area contributed by atoms with E-state index in [1.165, 1.54) is 0 Å². The molecule has 96 valence electrons. The molecule has 0 aromatic heterocycles. The third kappa shape index (κ3) is 2.50. The highest BCUT2D eigenvalue weighted by molar-refractivity contribution is 5.54. The maximum atomic E-state index is 5.87. The van der Waals surface area contributed by atoms with Crippen LogP contribution in [0, 0.1) is 0 Å². The number of hydrogen-bond acceptors (Lipinski definition) is 3. The van der Waals surface area contributed by atoms with Gasteiger partial charge < -0.3 is 14.2 Å². The Morgan fingerprint density at radius 3 is 2.72 bits per heavy atom.